The lowest BCUT2D eigenvalue weighted by Crippen LogP contribution is -2.05. The van der Waals surface area contributed by atoms with Crippen LogP contribution in [0.1, 0.15) is 17.5 Å². The maximum Gasteiger partial charge on any atom is 0.120 e. The summed E-state index contributed by atoms with van der Waals surface area (Å²) in [5, 5.41) is 8.80. The second-order valence-corrected chi connectivity index (χ2v) is 4.69. The highest BCUT2D eigenvalue weighted by atomic mass is 16.5. The molecule has 0 bridgehead atoms. The van der Waals surface area contributed by atoms with Gasteiger partial charge in [-0.3, -0.25) is 0 Å². The van der Waals surface area contributed by atoms with Gasteiger partial charge < -0.3 is 9.47 Å². The van der Waals surface area contributed by atoms with E-state index in [9.17, 15) is 0 Å². The van der Waals surface area contributed by atoms with Crippen molar-refractivity contribution in [2.75, 3.05) is 19.8 Å². The van der Waals surface area contributed by atoms with Gasteiger partial charge in [0.1, 0.15) is 5.75 Å². The molecule has 2 aromatic rings. The normalized spacial score (nSPS) is 10.0. The molecule has 0 saturated carbocycles. The summed E-state index contributed by atoms with van der Waals surface area (Å²) < 4.78 is 11.2. The Bertz CT molecular complexity index is 575. The zero-order valence-electron chi connectivity index (χ0n) is 12.0. The second-order valence-electron chi connectivity index (χ2n) is 4.69. The van der Waals surface area contributed by atoms with E-state index in [4.69, 9.17) is 14.7 Å². The summed E-state index contributed by atoms with van der Waals surface area (Å²) in [5.74, 6) is 0.735. The Kier molecular flexibility index (Phi) is 6.31. The van der Waals surface area contributed by atoms with Crippen molar-refractivity contribution in [1.29, 1.82) is 5.26 Å². The first kappa shape index (κ1) is 15.1. The van der Waals surface area contributed by atoms with Gasteiger partial charge in [0.15, 0.2) is 0 Å². The third-order valence-electron chi connectivity index (χ3n) is 3.04. The average Bonchev–Trinajstić information content (AvgIpc) is 2.55. The molecule has 3 nitrogen and oxygen atoms in total. The minimum atomic E-state index is 0.597. The van der Waals surface area contributed by atoms with Crippen LogP contribution in [-0.4, -0.2) is 19.8 Å². The fourth-order valence-corrected chi connectivity index (χ4v) is 1.94. The molecular weight excluding hydrogens is 262 g/mol. The van der Waals surface area contributed by atoms with Crippen LogP contribution in [0.15, 0.2) is 54.6 Å². The molecule has 2 aromatic carbocycles. The Morgan fingerprint density at radius 3 is 2.57 bits per heavy atom. The van der Waals surface area contributed by atoms with Crippen LogP contribution in [0, 0.1) is 11.3 Å². The largest absolute Gasteiger partial charge is 0.493 e. The first-order valence-corrected chi connectivity index (χ1v) is 7.13. The Labute approximate surface area is 125 Å². The van der Waals surface area contributed by atoms with E-state index < -0.39 is 0 Å². The van der Waals surface area contributed by atoms with Crippen LogP contribution in [-0.2, 0) is 11.2 Å². The molecule has 0 aliphatic heterocycles. The van der Waals surface area contributed by atoms with E-state index in [-0.39, 0.29) is 0 Å². The zero-order valence-corrected chi connectivity index (χ0v) is 12.0. The number of rotatable bonds is 8. The van der Waals surface area contributed by atoms with Gasteiger partial charge in [-0.15, -0.1) is 0 Å². The van der Waals surface area contributed by atoms with Crippen molar-refractivity contribution in [1.82, 2.24) is 0 Å². The molecule has 0 fully saturated rings. The van der Waals surface area contributed by atoms with Crippen LogP contribution in [0.2, 0.25) is 0 Å². The van der Waals surface area contributed by atoms with Crippen molar-refractivity contribution in [2.45, 2.75) is 12.8 Å². The number of nitrogens with zero attached hydrogens (tertiary/aromatic N) is 1. The fourth-order valence-electron chi connectivity index (χ4n) is 1.94. The van der Waals surface area contributed by atoms with Gasteiger partial charge in [0, 0.05) is 13.0 Å². The highest BCUT2D eigenvalue weighted by Crippen LogP contribution is 2.12. The molecule has 0 amide bonds. The molecule has 0 aromatic heterocycles. The first-order chi connectivity index (χ1) is 10.4. The Morgan fingerprint density at radius 2 is 1.76 bits per heavy atom. The Hall–Kier alpha value is -2.31. The van der Waals surface area contributed by atoms with E-state index in [0.717, 1.165) is 25.2 Å². The maximum absolute atomic E-state index is 8.80. The van der Waals surface area contributed by atoms with Crippen LogP contribution in [0.5, 0.6) is 5.75 Å². The Morgan fingerprint density at radius 1 is 0.905 bits per heavy atom. The van der Waals surface area contributed by atoms with Crippen molar-refractivity contribution < 1.29 is 9.47 Å². The van der Waals surface area contributed by atoms with E-state index in [1.54, 1.807) is 12.1 Å². The van der Waals surface area contributed by atoms with Gasteiger partial charge in [-0.05, 0) is 30.2 Å². The minimum absolute atomic E-state index is 0.597. The number of ether oxygens (including phenoxy) is 2. The third kappa shape index (κ3) is 5.68. The highest BCUT2D eigenvalue weighted by Gasteiger charge is 1.97. The molecule has 0 aliphatic rings. The van der Waals surface area contributed by atoms with Crippen LogP contribution in [0.25, 0.3) is 0 Å². The van der Waals surface area contributed by atoms with Gasteiger partial charge in [0.25, 0.3) is 0 Å². The van der Waals surface area contributed by atoms with E-state index in [1.807, 2.05) is 30.3 Å². The molecule has 0 heterocycles. The van der Waals surface area contributed by atoms with Gasteiger partial charge in [0.05, 0.1) is 24.8 Å². The third-order valence-corrected chi connectivity index (χ3v) is 3.04. The molecule has 0 atom stereocenters. The summed E-state index contributed by atoms with van der Waals surface area (Å²) in [5.41, 5.74) is 1.91. The number of nitriles is 1. The molecule has 21 heavy (non-hydrogen) atoms. The van der Waals surface area contributed by atoms with Gasteiger partial charge in [0.2, 0.25) is 0 Å². The van der Waals surface area contributed by atoms with Crippen molar-refractivity contribution >= 4 is 0 Å². The monoisotopic (exact) mass is 281 g/mol. The summed E-state index contributed by atoms with van der Waals surface area (Å²) in [6.45, 7) is 2.01. The molecule has 0 saturated heterocycles. The lowest BCUT2D eigenvalue weighted by atomic mass is 10.2. The molecule has 3 heteroatoms. The summed E-state index contributed by atoms with van der Waals surface area (Å²) in [7, 11) is 0. The SMILES string of the molecule is N#Cc1cccc(OCCCOCCc2ccccc2)c1. The highest BCUT2D eigenvalue weighted by molar-refractivity contribution is 5.36. The van der Waals surface area contributed by atoms with Crippen LogP contribution < -0.4 is 4.74 Å². The molecule has 0 N–H and O–H groups in total. The van der Waals surface area contributed by atoms with Gasteiger partial charge in [-0.2, -0.15) is 5.26 Å². The lowest BCUT2D eigenvalue weighted by molar-refractivity contribution is 0.122. The maximum atomic E-state index is 8.80. The molecule has 0 radical (unpaired) electrons. The van der Waals surface area contributed by atoms with E-state index in [0.29, 0.717) is 18.8 Å². The van der Waals surface area contributed by atoms with Gasteiger partial charge in [-0.1, -0.05) is 36.4 Å². The summed E-state index contributed by atoms with van der Waals surface area (Å²) in [4.78, 5) is 0. The predicted octanol–water partition coefficient (Wildman–Crippen LogP) is 3.59. The van der Waals surface area contributed by atoms with E-state index in [2.05, 4.69) is 18.2 Å². The number of benzene rings is 2. The summed E-state index contributed by atoms with van der Waals surface area (Å²) in [6.07, 6.45) is 1.78. The van der Waals surface area contributed by atoms with Crippen LogP contribution in [0.4, 0.5) is 0 Å². The van der Waals surface area contributed by atoms with E-state index in [1.165, 1.54) is 5.56 Å². The topological polar surface area (TPSA) is 42.2 Å². The quantitative estimate of drug-likeness (QED) is 0.694. The van der Waals surface area contributed by atoms with Crippen LogP contribution in [0.3, 0.4) is 0 Å². The zero-order chi connectivity index (χ0) is 14.8. The predicted molar refractivity (Wildman–Crippen MR) is 82.2 cm³/mol. The lowest BCUT2D eigenvalue weighted by Gasteiger charge is -2.07. The van der Waals surface area contributed by atoms with Crippen molar-refractivity contribution in [3.8, 4) is 11.8 Å². The Balaban J connectivity index is 1.55. The van der Waals surface area contributed by atoms with Gasteiger partial charge >= 0.3 is 0 Å². The molecule has 0 spiro atoms. The number of hydrogen-bond donors (Lipinski definition) is 0. The average molecular weight is 281 g/mol. The smallest absolute Gasteiger partial charge is 0.120 e. The molecule has 0 aliphatic carbocycles. The molecule has 108 valence electrons. The number of hydrogen-bond acceptors (Lipinski definition) is 3. The van der Waals surface area contributed by atoms with Crippen molar-refractivity contribution in [2.24, 2.45) is 0 Å². The summed E-state index contributed by atoms with van der Waals surface area (Å²) >= 11 is 0. The fraction of sp³-hybridized carbons (Fsp3) is 0.278. The first-order valence-electron chi connectivity index (χ1n) is 7.13. The minimum Gasteiger partial charge on any atom is -0.493 e. The van der Waals surface area contributed by atoms with E-state index >= 15 is 0 Å². The van der Waals surface area contributed by atoms with Crippen molar-refractivity contribution in [3.63, 3.8) is 0 Å². The summed E-state index contributed by atoms with van der Waals surface area (Å²) in [6, 6.07) is 19.6. The molecule has 2 rings (SSSR count). The van der Waals surface area contributed by atoms with Crippen molar-refractivity contribution in [3.05, 3.63) is 65.7 Å². The van der Waals surface area contributed by atoms with Gasteiger partial charge in [-0.25, -0.2) is 0 Å². The molecule has 0 unspecified atom stereocenters. The second kappa shape index (κ2) is 8.78. The molecular formula is C18H19NO2. The standard InChI is InChI=1S/C18H19NO2/c19-15-17-8-4-9-18(14-17)21-12-5-11-20-13-10-16-6-2-1-3-7-16/h1-4,6-9,14H,5,10-13H2. The van der Waals surface area contributed by atoms with Crippen LogP contribution >= 0.6 is 0 Å².